The largest absolute Gasteiger partial charge is 0.507 e. The SMILES string of the molecule is Nc1ccccc1C(=O)NNC(=O)C(=O)C=C(O)c1ccccc1. The number of hydrazine groups is 1. The monoisotopic (exact) mass is 325 g/mol. The molecular formula is C17H15N3O4. The first kappa shape index (κ1) is 16.8. The smallest absolute Gasteiger partial charge is 0.310 e. The van der Waals surface area contributed by atoms with Crippen LogP contribution in [0, 0.1) is 0 Å². The van der Waals surface area contributed by atoms with E-state index in [-0.39, 0.29) is 17.0 Å². The molecule has 0 aliphatic heterocycles. The topological polar surface area (TPSA) is 122 Å². The molecule has 0 radical (unpaired) electrons. The highest BCUT2D eigenvalue weighted by atomic mass is 16.3. The molecule has 0 aromatic heterocycles. The molecule has 24 heavy (non-hydrogen) atoms. The van der Waals surface area contributed by atoms with Crippen LogP contribution in [0.4, 0.5) is 5.69 Å². The van der Waals surface area contributed by atoms with Crippen LogP contribution in [-0.4, -0.2) is 22.7 Å². The van der Waals surface area contributed by atoms with Crippen LogP contribution in [0.3, 0.4) is 0 Å². The lowest BCUT2D eigenvalue weighted by atomic mass is 10.1. The molecule has 2 aromatic rings. The Kier molecular flexibility index (Phi) is 5.30. The van der Waals surface area contributed by atoms with E-state index in [1.165, 1.54) is 12.1 Å². The molecule has 0 fully saturated rings. The fourth-order valence-corrected chi connectivity index (χ4v) is 1.83. The Morgan fingerprint density at radius 3 is 2.21 bits per heavy atom. The first-order valence-electron chi connectivity index (χ1n) is 6.94. The molecule has 0 spiro atoms. The maximum absolute atomic E-state index is 11.9. The molecule has 0 aliphatic carbocycles. The van der Waals surface area contributed by atoms with Crippen LogP contribution >= 0.6 is 0 Å². The quantitative estimate of drug-likeness (QED) is 0.221. The van der Waals surface area contributed by atoms with E-state index in [1.807, 2.05) is 5.43 Å². The van der Waals surface area contributed by atoms with Crippen molar-refractivity contribution in [1.29, 1.82) is 0 Å². The second-order valence-electron chi connectivity index (χ2n) is 4.76. The Balaban J connectivity index is 1.96. The summed E-state index contributed by atoms with van der Waals surface area (Å²) >= 11 is 0. The third kappa shape index (κ3) is 4.20. The highest BCUT2D eigenvalue weighted by Crippen LogP contribution is 2.10. The lowest BCUT2D eigenvalue weighted by Gasteiger charge is -2.07. The van der Waals surface area contributed by atoms with Gasteiger partial charge < -0.3 is 10.8 Å². The number of nitrogens with two attached hydrogens (primary N) is 1. The lowest BCUT2D eigenvalue weighted by molar-refractivity contribution is -0.135. The van der Waals surface area contributed by atoms with Gasteiger partial charge in [-0.1, -0.05) is 42.5 Å². The molecule has 0 saturated heterocycles. The van der Waals surface area contributed by atoms with Crippen molar-refractivity contribution < 1.29 is 19.5 Å². The van der Waals surface area contributed by atoms with Gasteiger partial charge in [-0.3, -0.25) is 25.2 Å². The Bertz CT molecular complexity index is 800. The zero-order valence-corrected chi connectivity index (χ0v) is 12.5. The molecule has 0 saturated carbocycles. The molecule has 122 valence electrons. The van der Waals surface area contributed by atoms with Crippen LogP contribution in [-0.2, 0) is 9.59 Å². The number of nitrogen functional groups attached to an aromatic ring is 1. The Labute approximate surface area is 137 Å². The minimum Gasteiger partial charge on any atom is -0.507 e. The summed E-state index contributed by atoms with van der Waals surface area (Å²) in [6.07, 6.45) is 0.772. The van der Waals surface area contributed by atoms with Crippen molar-refractivity contribution in [3.05, 3.63) is 71.8 Å². The van der Waals surface area contributed by atoms with Crippen molar-refractivity contribution in [2.75, 3.05) is 5.73 Å². The van der Waals surface area contributed by atoms with Gasteiger partial charge in [0.15, 0.2) is 0 Å². The summed E-state index contributed by atoms with van der Waals surface area (Å²) in [5.41, 5.74) is 10.5. The molecule has 2 amide bonds. The van der Waals surface area contributed by atoms with Gasteiger partial charge in [-0.05, 0) is 12.1 Å². The average molecular weight is 325 g/mol. The first-order chi connectivity index (χ1) is 11.5. The molecule has 0 aliphatic rings. The van der Waals surface area contributed by atoms with Crippen LogP contribution in [0.25, 0.3) is 5.76 Å². The van der Waals surface area contributed by atoms with Gasteiger partial charge in [-0.15, -0.1) is 0 Å². The summed E-state index contributed by atoms with van der Waals surface area (Å²) in [5.74, 6) is -3.13. The number of carbonyl (C=O) groups excluding carboxylic acids is 3. The molecule has 7 heteroatoms. The Hall–Kier alpha value is -3.61. The summed E-state index contributed by atoms with van der Waals surface area (Å²) < 4.78 is 0. The number of aliphatic hydroxyl groups is 1. The first-order valence-corrected chi connectivity index (χ1v) is 6.94. The highest BCUT2D eigenvalue weighted by Gasteiger charge is 2.15. The van der Waals surface area contributed by atoms with E-state index < -0.39 is 17.6 Å². The minimum absolute atomic E-state index is 0.160. The molecule has 0 heterocycles. The number of rotatable bonds is 4. The summed E-state index contributed by atoms with van der Waals surface area (Å²) in [5, 5.41) is 9.79. The average Bonchev–Trinajstić information content (AvgIpc) is 2.60. The van der Waals surface area contributed by atoms with E-state index in [9.17, 15) is 19.5 Å². The van der Waals surface area contributed by atoms with Crippen LogP contribution in [0.1, 0.15) is 15.9 Å². The van der Waals surface area contributed by atoms with Gasteiger partial charge >= 0.3 is 5.91 Å². The third-order valence-corrected chi connectivity index (χ3v) is 3.06. The van der Waals surface area contributed by atoms with Crippen molar-refractivity contribution in [2.24, 2.45) is 0 Å². The zero-order valence-electron chi connectivity index (χ0n) is 12.5. The molecule has 0 unspecified atom stereocenters. The van der Waals surface area contributed by atoms with Crippen molar-refractivity contribution in [3.8, 4) is 0 Å². The molecule has 5 N–H and O–H groups in total. The van der Waals surface area contributed by atoms with E-state index in [2.05, 4.69) is 5.43 Å². The van der Waals surface area contributed by atoms with Gasteiger partial charge in [-0.2, -0.15) is 0 Å². The molecule has 7 nitrogen and oxygen atoms in total. The Morgan fingerprint density at radius 1 is 0.917 bits per heavy atom. The number of ketones is 1. The number of carbonyl (C=O) groups is 3. The van der Waals surface area contributed by atoms with E-state index in [0.29, 0.717) is 5.56 Å². The van der Waals surface area contributed by atoms with Gasteiger partial charge in [0.05, 0.1) is 5.56 Å². The number of para-hydroxylation sites is 1. The number of amides is 2. The number of hydrogen-bond acceptors (Lipinski definition) is 5. The molecule has 2 rings (SSSR count). The van der Waals surface area contributed by atoms with E-state index in [1.54, 1.807) is 42.5 Å². The van der Waals surface area contributed by atoms with Crippen molar-refractivity contribution in [3.63, 3.8) is 0 Å². The second-order valence-corrected chi connectivity index (χ2v) is 4.76. The lowest BCUT2D eigenvalue weighted by Crippen LogP contribution is -2.44. The van der Waals surface area contributed by atoms with Crippen LogP contribution in [0.5, 0.6) is 0 Å². The van der Waals surface area contributed by atoms with E-state index in [4.69, 9.17) is 5.73 Å². The van der Waals surface area contributed by atoms with Crippen molar-refractivity contribution in [1.82, 2.24) is 10.9 Å². The van der Waals surface area contributed by atoms with E-state index >= 15 is 0 Å². The van der Waals surface area contributed by atoms with E-state index in [0.717, 1.165) is 6.08 Å². The number of anilines is 1. The summed E-state index contributed by atoms with van der Waals surface area (Å²) in [6.45, 7) is 0. The number of nitrogens with one attached hydrogen (secondary N) is 2. The van der Waals surface area contributed by atoms with Gasteiger partial charge in [-0.25, -0.2) is 0 Å². The minimum atomic E-state index is -1.10. The normalized spacial score (nSPS) is 10.8. The van der Waals surface area contributed by atoms with Gasteiger partial charge in [0, 0.05) is 17.3 Å². The summed E-state index contributed by atoms with van der Waals surface area (Å²) in [7, 11) is 0. The van der Waals surface area contributed by atoms with Gasteiger partial charge in [0.2, 0.25) is 5.78 Å². The van der Waals surface area contributed by atoms with Crippen LogP contribution < -0.4 is 16.6 Å². The Morgan fingerprint density at radius 2 is 1.54 bits per heavy atom. The standard InChI is InChI=1S/C17H15N3O4/c18-13-9-5-4-8-12(13)16(23)19-20-17(24)15(22)10-14(21)11-6-2-1-3-7-11/h1-10,21H,18H2,(H,19,23)(H,20,24). The van der Waals surface area contributed by atoms with Crippen molar-refractivity contribution in [2.45, 2.75) is 0 Å². The number of hydrogen-bond donors (Lipinski definition) is 4. The van der Waals surface area contributed by atoms with Gasteiger partial charge in [0.1, 0.15) is 5.76 Å². The fraction of sp³-hybridized carbons (Fsp3) is 0. The molecule has 0 atom stereocenters. The second kappa shape index (κ2) is 7.59. The summed E-state index contributed by atoms with van der Waals surface area (Å²) in [6, 6.07) is 14.5. The van der Waals surface area contributed by atoms with Crippen molar-refractivity contribution >= 4 is 29.0 Å². The number of benzene rings is 2. The number of aliphatic hydroxyl groups excluding tert-OH is 1. The maximum Gasteiger partial charge on any atom is 0.310 e. The molecular weight excluding hydrogens is 310 g/mol. The third-order valence-electron chi connectivity index (χ3n) is 3.06. The highest BCUT2D eigenvalue weighted by molar-refractivity contribution is 6.41. The predicted octanol–water partition coefficient (Wildman–Crippen LogP) is 1.20. The van der Waals surface area contributed by atoms with Gasteiger partial charge in [0.25, 0.3) is 5.91 Å². The maximum atomic E-state index is 11.9. The molecule has 2 aromatic carbocycles. The summed E-state index contributed by atoms with van der Waals surface area (Å²) in [4.78, 5) is 35.2. The zero-order chi connectivity index (χ0) is 17.5. The fourth-order valence-electron chi connectivity index (χ4n) is 1.83. The molecule has 0 bridgehead atoms. The predicted molar refractivity (Wildman–Crippen MR) is 88.5 cm³/mol. The van der Waals surface area contributed by atoms with Crippen LogP contribution in [0.2, 0.25) is 0 Å². The van der Waals surface area contributed by atoms with Crippen LogP contribution in [0.15, 0.2) is 60.7 Å².